The van der Waals surface area contributed by atoms with E-state index in [1.807, 2.05) is 6.92 Å². The summed E-state index contributed by atoms with van der Waals surface area (Å²) in [6, 6.07) is 3.43. The molecule has 3 rings (SSSR count). The lowest BCUT2D eigenvalue weighted by Crippen LogP contribution is -2.48. The van der Waals surface area contributed by atoms with Crippen molar-refractivity contribution in [2.45, 2.75) is 32.0 Å². The van der Waals surface area contributed by atoms with E-state index in [2.05, 4.69) is 15.3 Å². The van der Waals surface area contributed by atoms with Crippen molar-refractivity contribution in [2.75, 3.05) is 19.6 Å². The first kappa shape index (κ1) is 17.0. The molecule has 2 heterocycles. The minimum atomic E-state index is -2.20. The van der Waals surface area contributed by atoms with Crippen LogP contribution in [-0.4, -0.2) is 46.0 Å². The molecule has 1 N–H and O–H groups in total. The highest BCUT2D eigenvalue weighted by Crippen LogP contribution is 2.27. The summed E-state index contributed by atoms with van der Waals surface area (Å²) < 4.78 is 45.0. The van der Waals surface area contributed by atoms with Gasteiger partial charge in [0.1, 0.15) is 17.3 Å². The molecule has 1 aromatic carbocycles. The lowest BCUT2D eigenvalue weighted by molar-refractivity contribution is 0.0434. The number of likely N-dealkylation sites (tertiary alicyclic amines) is 1. The van der Waals surface area contributed by atoms with Gasteiger partial charge < -0.3 is 10.2 Å². The summed E-state index contributed by atoms with van der Waals surface area (Å²) in [5.74, 6) is -0.806. The monoisotopic (exact) mass is 396 g/mol. The molecule has 0 saturated carbocycles. The summed E-state index contributed by atoms with van der Waals surface area (Å²) >= 11 is 5.71. The maximum Gasteiger partial charge on any atom is 0.253 e. The number of aryl methyl sites for hydroxylation is 1. The van der Waals surface area contributed by atoms with Crippen LogP contribution in [0.2, 0.25) is 5.02 Å². The average Bonchev–Trinajstić information content (AvgIpc) is 2.64. The largest absolute Gasteiger partial charge is 0.338 e. The minimum absolute atomic E-state index is 0.0328. The van der Waals surface area contributed by atoms with E-state index in [1.54, 1.807) is 12.4 Å². The number of nitrogens with zero attached hydrogens (tertiary/aromatic N) is 3. The van der Waals surface area contributed by atoms with E-state index in [1.165, 1.54) is 6.07 Å². The molecule has 0 radical (unpaired) electrons. The van der Waals surface area contributed by atoms with Crippen molar-refractivity contribution in [3.05, 3.63) is 58.4 Å². The molecule has 1 atom stereocenters. The summed E-state index contributed by atoms with van der Waals surface area (Å²) in [6.45, 7) is -0.280. The van der Waals surface area contributed by atoms with Crippen LogP contribution in [0.1, 0.15) is 37.3 Å². The molecule has 1 aliphatic rings. The Balaban J connectivity index is 1.62. The van der Waals surface area contributed by atoms with Gasteiger partial charge in [0.05, 0.1) is 11.6 Å². The Morgan fingerprint density at radius 1 is 1.41 bits per heavy atom. The van der Waals surface area contributed by atoms with Crippen LogP contribution in [0.4, 0.5) is 8.78 Å². The standard InChI is InChI=1S/C19H21ClF2N4O/c1-13-9-24-17(25-10-13)11-23-12-19(22)4-6-26(7-5-19)18(27)14-2-3-16(21)15(20)8-14/h2-3,8-10,23H,4-7,11-12H2,1H3/i6D2. The number of aromatic nitrogens is 2. The number of hydrogen-bond donors (Lipinski definition) is 1. The van der Waals surface area contributed by atoms with Gasteiger partial charge in [0, 0.05) is 53.1 Å². The molecule has 1 amide bonds. The maximum atomic E-state index is 15.2. The number of carbonyl (C=O) groups excluding carboxylic acids is 1. The van der Waals surface area contributed by atoms with Crippen LogP contribution >= 0.6 is 11.6 Å². The quantitative estimate of drug-likeness (QED) is 0.842. The predicted molar refractivity (Wildman–Crippen MR) is 98.9 cm³/mol. The van der Waals surface area contributed by atoms with Crippen LogP contribution in [0.3, 0.4) is 0 Å². The Bertz CT molecular complexity index is 900. The van der Waals surface area contributed by atoms with Crippen LogP contribution in [0.5, 0.6) is 0 Å². The number of amides is 1. The van der Waals surface area contributed by atoms with Gasteiger partial charge in [-0.1, -0.05) is 11.6 Å². The molecule has 1 aromatic heterocycles. The van der Waals surface area contributed by atoms with Crippen LogP contribution in [0, 0.1) is 12.7 Å². The van der Waals surface area contributed by atoms with Gasteiger partial charge in [-0.05, 0) is 30.7 Å². The zero-order chi connectivity index (χ0) is 21.2. The van der Waals surface area contributed by atoms with E-state index < -0.39 is 30.3 Å². The van der Waals surface area contributed by atoms with Crippen LogP contribution in [0.25, 0.3) is 0 Å². The molecule has 144 valence electrons. The van der Waals surface area contributed by atoms with Gasteiger partial charge >= 0.3 is 0 Å². The summed E-state index contributed by atoms with van der Waals surface area (Å²) in [6.07, 6.45) is 2.82. The molecule has 0 spiro atoms. The number of alkyl halides is 1. The van der Waals surface area contributed by atoms with Crippen LogP contribution in [-0.2, 0) is 6.54 Å². The summed E-state index contributed by atoms with van der Waals surface area (Å²) in [5.41, 5.74) is -0.851. The summed E-state index contributed by atoms with van der Waals surface area (Å²) in [4.78, 5) is 21.9. The van der Waals surface area contributed by atoms with Crippen molar-refractivity contribution in [3.63, 3.8) is 0 Å². The second-order valence-electron chi connectivity index (χ2n) is 6.60. The Kier molecular flexibility index (Phi) is 5.21. The van der Waals surface area contributed by atoms with Gasteiger partial charge in [0.25, 0.3) is 5.91 Å². The molecule has 0 bridgehead atoms. The highest BCUT2D eigenvalue weighted by atomic mass is 35.5. The molecule has 0 aliphatic carbocycles. The number of rotatable bonds is 5. The number of nitrogens with one attached hydrogen (secondary N) is 1. The van der Waals surface area contributed by atoms with Crippen molar-refractivity contribution >= 4 is 17.5 Å². The van der Waals surface area contributed by atoms with Gasteiger partial charge in [-0.25, -0.2) is 18.7 Å². The van der Waals surface area contributed by atoms with E-state index in [-0.39, 0.29) is 36.6 Å². The smallest absolute Gasteiger partial charge is 0.253 e. The second kappa shape index (κ2) is 8.27. The first-order chi connectivity index (χ1) is 13.6. The van der Waals surface area contributed by atoms with Gasteiger partial charge in [0.2, 0.25) is 0 Å². The fourth-order valence-electron chi connectivity index (χ4n) is 2.73. The lowest BCUT2D eigenvalue weighted by atomic mass is 9.92. The Hall–Kier alpha value is -2.12. The normalized spacial score (nSPS) is 22.9. The predicted octanol–water partition coefficient (Wildman–Crippen LogP) is 3.31. The number of hydrogen-bond acceptors (Lipinski definition) is 4. The zero-order valence-corrected chi connectivity index (χ0v) is 15.6. The molecule has 2 aromatic rings. The maximum absolute atomic E-state index is 15.2. The summed E-state index contributed by atoms with van der Waals surface area (Å²) in [7, 11) is 0. The van der Waals surface area contributed by atoms with Crippen molar-refractivity contribution in [3.8, 4) is 0 Å². The molecule has 1 unspecified atom stereocenters. The molecule has 1 fully saturated rings. The molecule has 5 nitrogen and oxygen atoms in total. The average molecular weight is 397 g/mol. The van der Waals surface area contributed by atoms with Gasteiger partial charge in [-0.15, -0.1) is 0 Å². The molecule has 1 aliphatic heterocycles. The Labute approximate surface area is 164 Å². The fourth-order valence-corrected chi connectivity index (χ4v) is 2.92. The van der Waals surface area contributed by atoms with E-state index >= 15 is 4.39 Å². The molecular formula is C19H21ClF2N4O. The Morgan fingerprint density at radius 2 is 2.15 bits per heavy atom. The lowest BCUT2D eigenvalue weighted by Gasteiger charge is -2.36. The number of carbonyl (C=O) groups is 1. The van der Waals surface area contributed by atoms with Gasteiger partial charge in [-0.3, -0.25) is 4.79 Å². The highest BCUT2D eigenvalue weighted by molar-refractivity contribution is 6.31. The summed E-state index contributed by atoms with van der Waals surface area (Å²) in [5, 5.41) is 2.70. The molecule has 27 heavy (non-hydrogen) atoms. The number of piperidine rings is 1. The van der Waals surface area contributed by atoms with Crippen molar-refractivity contribution < 1.29 is 16.3 Å². The van der Waals surface area contributed by atoms with Crippen molar-refractivity contribution in [1.82, 2.24) is 20.2 Å². The third-order valence-electron chi connectivity index (χ3n) is 4.34. The minimum Gasteiger partial charge on any atom is -0.338 e. The van der Waals surface area contributed by atoms with E-state index in [0.29, 0.717) is 5.82 Å². The SMILES string of the molecule is [2H]C1([2H])CC(F)(CNCc2ncc(C)cn2)CCN1C(=O)c1ccc(F)c(Cl)c1. The topological polar surface area (TPSA) is 58.1 Å². The molecule has 8 heteroatoms. The van der Waals surface area contributed by atoms with E-state index in [0.717, 1.165) is 22.6 Å². The van der Waals surface area contributed by atoms with Crippen molar-refractivity contribution in [2.24, 2.45) is 0 Å². The fraction of sp³-hybridized carbons (Fsp3) is 0.421. The molecular weight excluding hydrogens is 374 g/mol. The van der Waals surface area contributed by atoms with E-state index in [9.17, 15) is 9.18 Å². The van der Waals surface area contributed by atoms with Crippen LogP contribution < -0.4 is 5.32 Å². The third kappa shape index (κ3) is 4.99. The van der Waals surface area contributed by atoms with Crippen LogP contribution in [0.15, 0.2) is 30.6 Å². The number of benzene rings is 1. The van der Waals surface area contributed by atoms with Crippen molar-refractivity contribution in [1.29, 1.82) is 0 Å². The highest BCUT2D eigenvalue weighted by Gasteiger charge is 2.36. The van der Waals surface area contributed by atoms with E-state index in [4.69, 9.17) is 14.3 Å². The first-order valence-corrected chi connectivity index (χ1v) is 8.92. The van der Waals surface area contributed by atoms with Gasteiger partial charge in [-0.2, -0.15) is 0 Å². The molecule has 1 saturated heterocycles. The second-order valence-corrected chi connectivity index (χ2v) is 7.01. The first-order valence-electron chi connectivity index (χ1n) is 9.54. The Morgan fingerprint density at radius 3 is 2.81 bits per heavy atom. The number of halogens is 3. The zero-order valence-electron chi connectivity index (χ0n) is 16.8. The third-order valence-corrected chi connectivity index (χ3v) is 4.63. The van der Waals surface area contributed by atoms with Gasteiger partial charge in [0.15, 0.2) is 0 Å².